The van der Waals surface area contributed by atoms with Crippen molar-refractivity contribution >= 4 is 0 Å². The van der Waals surface area contributed by atoms with Gasteiger partial charge in [-0.2, -0.15) is 0 Å². The van der Waals surface area contributed by atoms with E-state index in [0.29, 0.717) is 10.8 Å². The minimum atomic E-state index is -0.0778. The van der Waals surface area contributed by atoms with Crippen LogP contribution in [0.3, 0.4) is 0 Å². The van der Waals surface area contributed by atoms with Crippen molar-refractivity contribution in [1.29, 1.82) is 0 Å². The molecule has 1 N–H and O–H groups in total. The number of allylic oxidation sites excluding steroid dienone is 1. The summed E-state index contributed by atoms with van der Waals surface area (Å²) in [6, 6.07) is 0. The topological polar surface area (TPSA) is 20.2 Å². The van der Waals surface area contributed by atoms with Gasteiger partial charge in [-0.05, 0) is 122 Å². The molecule has 1 heteroatoms. The second-order valence-electron chi connectivity index (χ2n) is 13.4. The van der Waals surface area contributed by atoms with Crippen LogP contribution in [0.25, 0.3) is 0 Å². The Bertz CT molecular complexity index is 692. The number of aliphatic hydroxyl groups excluding tert-OH is 1. The zero-order valence-corrected chi connectivity index (χ0v) is 20.7. The molecule has 1 nitrogen and oxygen atoms in total. The molecule has 0 radical (unpaired) electrons. The summed E-state index contributed by atoms with van der Waals surface area (Å²) < 4.78 is 0. The minimum Gasteiger partial charge on any atom is -0.393 e. The maximum Gasteiger partial charge on any atom is 0.0577 e. The van der Waals surface area contributed by atoms with Gasteiger partial charge in [0, 0.05) is 0 Å². The quantitative estimate of drug-likeness (QED) is 0.474. The van der Waals surface area contributed by atoms with Crippen molar-refractivity contribution in [1.82, 2.24) is 0 Å². The van der Waals surface area contributed by atoms with Crippen LogP contribution in [0.5, 0.6) is 0 Å². The van der Waals surface area contributed by atoms with Gasteiger partial charge in [0.05, 0.1) is 6.10 Å². The van der Waals surface area contributed by atoms with E-state index in [1.54, 1.807) is 5.57 Å². The minimum absolute atomic E-state index is 0.0778. The molecule has 0 aromatic rings. The highest BCUT2D eigenvalue weighted by Crippen LogP contribution is 2.68. The molecule has 0 saturated heterocycles. The fraction of sp³-hybridized carbons (Fsp3) is 0.931. The van der Waals surface area contributed by atoms with Gasteiger partial charge in [-0.25, -0.2) is 0 Å². The third-order valence-corrected chi connectivity index (χ3v) is 11.9. The molecule has 0 aliphatic heterocycles. The highest BCUT2D eigenvalue weighted by molar-refractivity contribution is 5.25. The second-order valence-corrected chi connectivity index (χ2v) is 13.4. The van der Waals surface area contributed by atoms with Crippen LogP contribution < -0.4 is 0 Å². The third kappa shape index (κ3) is 3.11. The Morgan fingerprint density at radius 1 is 1.03 bits per heavy atom. The average molecular weight is 413 g/mol. The van der Waals surface area contributed by atoms with Crippen LogP contribution >= 0.6 is 0 Å². The summed E-state index contributed by atoms with van der Waals surface area (Å²) in [5, 5.41) is 10.3. The van der Waals surface area contributed by atoms with Gasteiger partial charge in [-0.3, -0.25) is 0 Å². The van der Waals surface area contributed by atoms with Crippen LogP contribution in [-0.4, -0.2) is 11.2 Å². The van der Waals surface area contributed by atoms with E-state index in [0.717, 1.165) is 66.1 Å². The maximum atomic E-state index is 10.3. The van der Waals surface area contributed by atoms with Crippen molar-refractivity contribution in [2.45, 2.75) is 105 Å². The van der Waals surface area contributed by atoms with Crippen molar-refractivity contribution in [3.8, 4) is 0 Å². The van der Waals surface area contributed by atoms with E-state index in [9.17, 15) is 5.11 Å². The van der Waals surface area contributed by atoms with Gasteiger partial charge in [0.1, 0.15) is 0 Å². The normalized spacial score (nSPS) is 53.5. The maximum absolute atomic E-state index is 10.3. The first-order chi connectivity index (χ1) is 14.2. The van der Waals surface area contributed by atoms with E-state index < -0.39 is 0 Å². The van der Waals surface area contributed by atoms with Gasteiger partial charge >= 0.3 is 0 Å². The Morgan fingerprint density at radius 2 is 1.80 bits per heavy atom. The van der Waals surface area contributed by atoms with Gasteiger partial charge in [0.15, 0.2) is 0 Å². The fourth-order valence-corrected chi connectivity index (χ4v) is 10.3. The average Bonchev–Trinajstić information content (AvgIpc) is 3.17. The zero-order valence-electron chi connectivity index (χ0n) is 20.7. The van der Waals surface area contributed by atoms with E-state index in [1.165, 1.54) is 44.9 Å². The standard InChI is InChI=1S/C29H48O/c1-17(2)27-19(4)23(27)15-18(3)24-9-10-25-22-8-7-20-16-21(30)11-13-28(20,5)26(22)12-14-29(24,25)6/h7,17-19,21-27,30H,8-16H2,1-6H3/t18-,19+,21-,22-,23-,24+,25-,26-,27-,28-,29-/m1/s1. The zero-order chi connectivity index (χ0) is 21.4. The predicted molar refractivity (Wildman–Crippen MR) is 126 cm³/mol. The number of aliphatic hydroxyl groups is 1. The summed E-state index contributed by atoms with van der Waals surface area (Å²) >= 11 is 0. The molecule has 4 fully saturated rings. The smallest absolute Gasteiger partial charge is 0.0577 e. The Labute approximate surface area is 186 Å². The summed E-state index contributed by atoms with van der Waals surface area (Å²) in [5.74, 6) is 8.44. The lowest BCUT2D eigenvalue weighted by molar-refractivity contribution is -0.0576. The van der Waals surface area contributed by atoms with Crippen LogP contribution in [0.4, 0.5) is 0 Å². The molecule has 5 rings (SSSR count). The first-order valence-electron chi connectivity index (χ1n) is 13.5. The molecular weight excluding hydrogens is 364 g/mol. The van der Waals surface area contributed by atoms with Crippen molar-refractivity contribution in [2.75, 3.05) is 0 Å². The molecule has 170 valence electrons. The predicted octanol–water partition coefficient (Wildman–Crippen LogP) is 7.49. The summed E-state index contributed by atoms with van der Waals surface area (Å²) in [5.41, 5.74) is 2.60. The van der Waals surface area contributed by atoms with Crippen LogP contribution in [-0.2, 0) is 0 Å². The van der Waals surface area contributed by atoms with Crippen LogP contribution in [0.1, 0.15) is 99.3 Å². The summed E-state index contributed by atoms with van der Waals surface area (Å²) in [6.45, 7) is 15.3. The van der Waals surface area contributed by atoms with Crippen molar-refractivity contribution < 1.29 is 5.11 Å². The molecule has 0 bridgehead atoms. The van der Waals surface area contributed by atoms with Gasteiger partial charge < -0.3 is 5.11 Å². The van der Waals surface area contributed by atoms with E-state index in [2.05, 4.69) is 47.6 Å². The van der Waals surface area contributed by atoms with E-state index in [1.807, 2.05) is 0 Å². The third-order valence-electron chi connectivity index (χ3n) is 11.9. The molecule has 30 heavy (non-hydrogen) atoms. The number of rotatable bonds is 4. The van der Waals surface area contributed by atoms with Crippen molar-refractivity contribution in [3.63, 3.8) is 0 Å². The Hall–Kier alpha value is -0.300. The molecule has 0 amide bonds. The summed E-state index contributed by atoms with van der Waals surface area (Å²) in [6.07, 6.45) is 14.4. The van der Waals surface area contributed by atoms with E-state index >= 15 is 0 Å². The van der Waals surface area contributed by atoms with Gasteiger partial charge in [0.25, 0.3) is 0 Å². The Kier molecular flexibility index (Phi) is 5.28. The van der Waals surface area contributed by atoms with Crippen LogP contribution in [0.15, 0.2) is 11.6 Å². The van der Waals surface area contributed by atoms with Crippen LogP contribution in [0.2, 0.25) is 0 Å². The molecule has 0 aromatic heterocycles. The van der Waals surface area contributed by atoms with Crippen molar-refractivity contribution in [3.05, 3.63) is 11.6 Å². The Morgan fingerprint density at radius 3 is 2.50 bits per heavy atom. The number of hydrogen-bond donors (Lipinski definition) is 1. The first kappa shape index (κ1) is 21.5. The van der Waals surface area contributed by atoms with Crippen molar-refractivity contribution in [2.24, 2.45) is 64.1 Å². The number of hydrogen-bond acceptors (Lipinski definition) is 1. The molecule has 0 spiro atoms. The summed E-state index contributed by atoms with van der Waals surface area (Å²) in [7, 11) is 0. The SMILES string of the molecule is CC(C)[C@@H]1[C@@H](C)[C@H]1C[C@@H](C)[C@@H]1CC[C@@H]2[C@H]3CC=C4C[C@H](O)CC[C@@]4(C)[C@@H]3CC[C@@]21C. The van der Waals surface area contributed by atoms with Gasteiger partial charge in [-0.1, -0.05) is 53.2 Å². The van der Waals surface area contributed by atoms with E-state index in [4.69, 9.17) is 0 Å². The van der Waals surface area contributed by atoms with E-state index in [-0.39, 0.29) is 6.10 Å². The lowest BCUT2D eigenvalue weighted by Crippen LogP contribution is -2.50. The molecule has 11 atom stereocenters. The lowest BCUT2D eigenvalue weighted by Gasteiger charge is -2.58. The first-order valence-corrected chi connectivity index (χ1v) is 13.5. The highest BCUT2D eigenvalue weighted by atomic mass is 16.3. The van der Waals surface area contributed by atoms with Gasteiger partial charge in [-0.15, -0.1) is 0 Å². The molecule has 5 aliphatic carbocycles. The molecular formula is C29H48O. The second kappa shape index (κ2) is 7.36. The molecule has 5 aliphatic rings. The van der Waals surface area contributed by atoms with Gasteiger partial charge in [0.2, 0.25) is 0 Å². The molecule has 4 saturated carbocycles. The summed E-state index contributed by atoms with van der Waals surface area (Å²) in [4.78, 5) is 0. The fourth-order valence-electron chi connectivity index (χ4n) is 10.3. The molecule has 0 unspecified atom stereocenters. The highest BCUT2D eigenvalue weighted by Gasteiger charge is 2.60. The Balaban J connectivity index is 1.32. The largest absolute Gasteiger partial charge is 0.393 e. The molecule has 0 heterocycles. The van der Waals surface area contributed by atoms with Crippen LogP contribution in [0, 0.1) is 64.1 Å². The number of fused-ring (bicyclic) bond motifs is 5. The lowest BCUT2D eigenvalue weighted by atomic mass is 9.47. The monoisotopic (exact) mass is 412 g/mol. The molecule has 0 aromatic carbocycles.